The molecule has 0 atom stereocenters. The molecule has 7 heteroatoms. The smallest absolute Gasteiger partial charge is 0.269 e. The van der Waals surface area contributed by atoms with Crippen LogP contribution in [0.4, 0.5) is 10.1 Å². The first-order valence-corrected chi connectivity index (χ1v) is 5.96. The first kappa shape index (κ1) is 13.1. The topological polar surface area (TPSA) is 75.1 Å². The zero-order valence-electron chi connectivity index (χ0n) is 9.55. The van der Waals surface area contributed by atoms with Gasteiger partial charge < -0.3 is 10.4 Å². The van der Waals surface area contributed by atoms with E-state index in [0.29, 0.717) is 10.4 Å². The lowest BCUT2D eigenvalue weighted by molar-refractivity contribution is 0.103. The van der Waals surface area contributed by atoms with Gasteiger partial charge in [0.05, 0.1) is 11.9 Å². The van der Waals surface area contributed by atoms with Crippen molar-refractivity contribution in [2.75, 3.05) is 11.9 Å². The lowest BCUT2D eigenvalue weighted by Crippen LogP contribution is -2.11. The van der Waals surface area contributed by atoms with Gasteiger partial charge in [0.15, 0.2) is 0 Å². The quantitative estimate of drug-likeness (QED) is 0.811. The Morgan fingerprint density at radius 3 is 3.00 bits per heavy atom. The summed E-state index contributed by atoms with van der Waals surface area (Å²) in [5, 5.41) is 14.5. The molecule has 2 aromatic rings. The summed E-state index contributed by atoms with van der Waals surface area (Å²) >= 11 is 0.925. The highest BCUT2D eigenvalue weighted by molar-refractivity contribution is 7.07. The van der Waals surface area contributed by atoms with E-state index >= 15 is 0 Å². The summed E-state index contributed by atoms with van der Waals surface area (Å²) in [7, 11) is 0. The predicted octanol–water partition coefficient (Wildman–Crippen LogP) is 1.27. The number of aliphatic hydroxyl groups excluding tert-OH is 1. The van der Waals surface area contributed by atoms with Crippen molar-refractivity contribution in [3.63, 3.8) is 0 Å². The van der Waals surface area contributed by atoms with Crippen molar-refractivity contribution in [1.82, 2.24) is 9.59 Å². The second-order valence-corrected chi connectivity index (χ2v) is 4.18. The van der Waals surface area contributed by atoms with Gasteiger partial charge in [-0.25, -0.2) is 4.39 Å². The number of nitrogens with zero attached hydrogens (tertiary/aromatic N) is 2. The van der Waals surface area contributed by atoms with Crippen LogP contribution < -0.4 is 5.32 Å². The van der Waals surface area contributed by atoms with Crippen molar-refractivity contribution in [1.29, 1.82) is 0 Å². The van der Waals surface area contributed by atoms with Gasteiger partial charge in [0.25, 0.3) is 5.91 Å². The largest absolute Gasteiger partial charge is 0.384 e. The number of rotatable bonds is 2. The van der Waals surface area contributed by atoms with Crippen molar-refractivity contribution >= 4 is 23.1 Å². The molecule has 0 aliphatic carbocycles. The molecule has 0 bridgehead atoms. The highest BCUT2D eigenvalue weighted by Gasteiger charge is 2.11. The zero-order chi connectivity index (χ0) is 13.7. The Kier molecular flexibility index (Phi) is 4.18. The normalized spacial score (nSPS) is 9.58. The molecule has 0 unspecified atom stereocenters. The van der Waals surface area contributed by atoms with Gasteiger partial charge in [-0.15, -0.1) is 5.10 Å². The SMILES string of the molecule is O=C(Nc1ccc(C#CCO)cc1F)c1cnns1. The minimum Gasteiger partial charge on any atom is -0.384 e. The number of carbonyl (C=O) groups is 1. The van der Waals surface area contributed by atoms with Gasteiger partial charge >= 0.3 is 0 Å². The fraction of sp³-hybridized carbons (Fsp3) is 0.0833. The molecule has 1 aromatic heterocycles. The molecule has 19 heavy (non-hydrogen) atoms. The van der Waals surface area contributed by atoms with Crippen LogP contribution in [0.25, 0.3) is 0 Å². The van der Waals surface area contributed by atoms with Gasteiger partial charge in [-0.1, -0.05) is 16.3 Å². The van der Waals surface area contributed by atoms with E-state index in [0.717, 1.165) is 11.5 Å². The van der Waals surface area contributed by atoms with Crippen molar-refractivity contribution in [3.8, 4) is 11.8 Å². The molecule has 0 aliphatic rings. The molecule has 0 saturated carbocycles. The number of halogens is 1. The summed E-state index contributed by atoms with van der Waals surface area (Å²) in [5.74, 6) is 3.91. The molecule has 1 heterocycles. The number of carbonyl (C=O) groups excluding carboxylic acids is 1. The van der Waals surface area contributed by atoms with Gasteiger partial charge in [0.1, 0.15) is 17.3 Å². The maximum absolute atomic E-state index is 13.7. The van der Waals surface area contributed by atoms with E-state index in [2.05, 4.69) is 26.7 Å². The van der Waals surface area contributed by atoms with Crippen LogP contribution in [0.5, 0.6) is 0 Å². The van der Waals surface area contributed by atoms with Crippen molar-refractivity contribution < 1.29 is 14.3 Å². The van der Waals surface area contributed by atoms with E-state index in [1.807, 2.05) is 0 Å². The Hall–Kier alpha value is -2.30. The predicted molar refractivity (Wildman–Crippen MR) is 68.2 cm³/mol. The van der Waals surface area contributed by atoms with Gasteiger partial charge in [0, 0.05) is 5.56 Å². The fourth-order valence-electron chi connectivity index (χ4n) is 1.29. The summed E-state index contributed by atoms with van der Waals surface area (Å²) in [5.41, 5.74) is 0.469. The number of nitrogens with one attached hydrogen (secondary N) is 1. The van der Waals surface area contributed by atoms with E-state index < -0.39 is 11.7 Å². The van der Waals surface area contributed by atoms with Crippen LogP contribution in [0.2, 0.25) is 0 Å². The van der Waals surface area contributed by atoms with Crippen LogP contribution in [0.1, 0.15) is 15.2 Å². The zero-order valence-corrected chi connectivity index (χ0v) is 10.4. The average molecular weight is 277 g/mol. The molecule has 1 aromatic carbocycles. The number of amides is 1. The van der Waals surface area contributed by atoms with Gasteiger partial charge in [0.2, 0.25) is 0 Å². The Labute approximate surface area is 112 Å². The lowest BCUT2D eigenvalue weighted by Gasteiger charge is -2.04. The van der Waals surface area contributed by atoms with Crippen LogP contribution in [-0.2, 0) is 0 Å². The fourth-order valence-corrected chi connectivity index (χ4v) is 1.70. The maximum Gasteiger partial charge on any atom is 0.269 e. The first-order valence-electron chi connectivity index (χ1n) is 5.18. The number of aliphatic hydroxyl groups is 1. The highest BCUT2D eigenvalue weighted by Crippen LogP contribution is 2.17. The summed E-state index contributed by atoms with van der Waals surface area (Å²) in [4.78, 5) is 12.0. The third-order valence-electron chi connectivity index (χ3n) is 2.11. The lowest BCUT2D eigenvalue weighted by atomic mass is 10.2. The second kappa shape index (κ2) is 6.04. The molecule has 5 nitrogen and oxygen atoms in total. The number of hydrogen-bond donors (Lipinski definition) is 2. The number of hydrogen-bond acceptors (Lipinski definition) is 5. The Balaban J connectivity index is 2.15. The second-order valence-electron chi connectivity index (χ2n) is 3.39. The average Bonchev–Trinajstić information content (AvgIpc) is 2.93. The summed E-state index contributed by atoms with van der Waals surface area (Å²) < 4.78 is 17.3. The molecule has 2 rings (SSSR count). The molecule has 2 N–H and O–H groups in total. The minimum atomic E-state index is -0.601. The summed E-state index contributed by atoms with van der Waals surface area (Å²) in [6, 6.07) is 4.14. The van der Waals surface area contributed by atoms with E-state index in [-0.39, 0.29) is 12.3 Å². The van der Waals surface area contributed by atoms with Crippen LogP contribution >= 0.6 is 11.5 Å². The molecule has 0 aliphatic heterocycles. The van der Waals surface area contributed by atoms with Crippen molar-refractivity contribution in [2.24, 2.45) is 0 Å². The van der Waals surface area contributed by atoms with Crippen LogP contribution in [-0.4, -0.2) is 27.2 Å². The Bertz CT molecular complexity index is 647. The molecule has 0 radical (unpaired) electrons. The number of benzene rings is 1. The van der Waals surface area contributed by atoms with E-state index in [1.165, 1.54) is 18.3 Å². The molecular weight excluding hydrogens is 269 g/mol. The number of anilines is 1. The minimum absolute atomic E-state index is 0.0490. The standard InChI is InChI=1S/C12H8FN3O2S/c13-9-6-8(2-1-5-17)3-4-10(9)15-12(18)11-7-14-16-19-11/h3-4,6-7,17H,5H2,(H,15,18). The molecule has 96 valence electrons. The molecular formula is C12H8FN3O2S. The van der Waals surface area contributed by atoms with Crippen LogP contribution in [0.15, 0.2) is 24.4 Å². The van der Waals surface area contributed by atoms with Gasteiger partial charge in [-0.2, -0.15) is 0 Å². The van der Waals surface area contributed by atoms with Crippen LogP contribution in [0, 0.1) is 17.7 Å². The summed E-state index contributed by atoms with van der Waals surface area (Å²) in [6.07, 6.45) is 1.30. The molecule has 1 amide bonds. The van der Waals surface area contributed by atoms with Crippen molar-refractivity contribution in [3.05, 3.63) is 40.7 Å². The van der Waals surface area contributed by atoms with E-state index in [4.69, 9.17) is 5.11 Å². The highest BCUT2D eigenvalue weighted by atomic mass is 32.1. The third-order valence-corrected chi connectivity index (χ3v) is 2.78. The third kappa shape index (κ3) is 3.34. The Morgan fingerprint density at radius 2 is 2.37 bits per heavy atom. The molecule has 0 fully saturated rings. The Morgan fingerprint density at radius 1 is 1.53 bits per heavy atom. The molecule has 0 saturated heterocycles. The van der Waals surface area contributed by atoms with E-state index in [1.54, 1.807) is 6.07 Å². The first-order chi connectivity index (χ1) is 9.20. The van der Waals surface area contributed by atoms with Gasteiger partial charge in [-0.3, -0.25) is 4.79 Å². The molecule has 0 spiro atoms. The van der Waals surface area contributed by atoms with Crippen molar-refractivity contribution in [2.45, 2.75) is 0 Å². The number of aromatic nitrogens is 2. The van der Waals surface area contributed by atoms with Gasteiger partial charge in [-0.05, 0) is 29.7 Å². The van der Waals surface area contributed by atoms with Crippen LogP contribution in [0.3, 0.4) is 0 Å². The maximum atomic E-state index is 13.7. The summed E-state index contributed by atoms with van der Waals surface area (Å²) in [6.45, 7) is -0.293. The van der Waals surface area contributed by atoms with E-state index in [9.17, 15) is 9.18 Å². The monoisotopic (exact) mass is 277 g/mol.